The molecule has 4 saturated carbocycles. The van der Waals surface area contributed by atoms with E-state index in [-0.39, 0.29) is 23.5 Å². The molecular weight excluding hydrogens is 298 g/mol. The summed E-state index contributed by atoms with van der Waals surface area (Å²) in [6.45, 7) is 4.87. The molecule has 1 N–H and O–H groups in total. The molecule has 0 saturated heterocycles. The minimum absolute atomic E-state index is 0.0936. The average molecular weight is 332 g/mol. The zero-order valence-electron chi connectivity index (χ0n) is 15.5. The molecule has 0 heterocycles. The average Bonchev–Trinajstić information content (AvgIpc) is 2.90. The van der Waals surface area contributed by atoms with E-state index in [0.717, 1.165) is 32.1 Å². The largest absolute Gasteiger partial charge is 0.393 e. The van der Waals surface area contributed by atoms with E-state index in [1.165, 1.54) is 19.3 Å². The van der Waals surface area contributed by atoms with Crippen LogP contribution in [0.2, 0.25) is 0 Å². The van der Waals surface area contributed by atoms with Gasteiger partial charge in [0.25, 0.3) is 0 Å². The molecule has 0 amide bonds. The van der Waals surface area contributed by atoms with E-state index in [9.17, 15) is 10.4 Å². The van der Waals surface area contributed by atoms with Crippen LogP contribution >= 0.6 is 0 Å². The molecule has 4 rings (SSSR count). The molecule has 0 unspecified atom stereocenters. The Kier molecular flexibility index (Phi) is 4.01. The third kappa shape index (κ3) is 2.15. The van der Waals surface area contributed by atoms with Crippen LogP contribution in [0.15, 0.2) is 0 Å². The minimum Gasteiger partial charge on any atom is -0.393 e. The lowest BCUT2D eigenvalue weighted by molar-refractivity contribution is -0.183. The van der Waals surface area contributed by atoms with Gasteiger partial charge in [-0.3, -0.25) is 0 Å². The van der Waals surface area contributed by atoms with Gasteiger partial charge in [-0.25, -0.2) is 0 Å². The number of methoxy groups -OCH3 is 1. The Morgan fingerprint density at radius 1 is 1.08 bits per heavy atom. The van der Waals surface area contributed by atoms with Crippen molar-refractivity contribution < 1.29 is 9.84 Å². The number of hydrogen-bond donors (Lipinski definition) is 1. The van der Waals surface area contributed by atoms with Crippen molar-refractivity contribution in [2.75, 3.05) is 7.11 Å². The van der Waals surface area contributed by atoms with Gasteiger partial charge in [0.2, 0.25) is 0 Å². The van der Waals surface area contributed by atoms with E-state index in [4.69, 9.17) is 4.74 Å². The van der Waals surface area contributed by atoms with Crippen LogP contribution in [-0.2, 0) is 4.74 Å². The highest BCUT2D eigenvalue weighted by molar-refractivity contribution is 5.15. The molecule has 0 aliphatic heterocycles. The van der Waals surface area contributed by atoms with Crippen molar-refractivity contribution in [3.63, 3.8) is 0 Å². The fourth-order valence-electron chi connectivity index (χ4n) is 7.76. The number of aliphatic hydroxyl groups excluding tert-OH is 1. The lowest BCUT2D eigenvalue weighted by Crippen LogP contribution is -2.59. The van der Waals surface area contributed by atoms with E-state index in [1.54, 1.807) is 0 Å². The standard InChI is InChI=1S/C21H33NO2/c1-20-9-8-15(23)10-13(20)4-6-16-17-7-5-14(12-22)21(17,2)11-18(24-3)19(16)20/h13-19,23H,4-11H2,1-3H3/t13-,14+,15+,16-,17-,18-,19+,20-,21+/m0/s1. The van der Waals surface area contributed by atoms with Crippen LogP contribution in [0.1, 0.15) is 65.2 Å². The summed E-state index contributed by atoms with van der Waals surface area (Å²) in [5.41, 5.74) is 0.461. The summed E-state index contributed by atoms with van der Waals surface area (Å²) in [7, 11) is 1.88. The van der Waals surface area contributed by atoms with Gasteiger partial charge in [0, 0.05) is 7.11 Å². The smallest absolute Gasteiger partial charge is 0.0661 e. The number of fused-ring (bicyclic) bond motifs is 5. The Labute approximate surface area is 146 Å². The molecule has 0 aromatic heterocycles. The molecule has 4 fully saturated rings. The molecule has 4 aliphatic rings. The van der Waals surface area contributed by atoms with Gasteiger partial charge in [-0.1, -0.05) is 13.8 Å². The van der Waals surface area contributed by atoms with Crippen LogP contribution in [0.25, 0.3) is 0 Å². The fourth-order valence-corrected chi connectivity index (χ4v) is 7.76. The molecule has 0 spiro atoms. The maximum absolute atomic E-state index is 10.2. The first-order valence-corrected chi connectivity index (χ1v) is 10.0. The first kappa shape index (κ1) is 16.9. The molecule has 0 radical (unpaired) electrons. The van der Waals surface area contributed by atoms with Crippen LogP contribution in [0.5, 0.6) is 0 Å². The van der Waals surface area contributed by atoms with Gasteiger partial charge in [0.15, 0.2) is 0 Å². The van der Waals surface area contributed by atoms with Gasteiger partial charge in [-0.05, 0) is 85.9 Å². The fraction of sp³-hybridized carbons (Fsp3) is 0.952. The Balaban J connectivity index is 1.70. The lowest BCUT2D eigenvalue weighted by atomic mass is 9.44. The van der Waals surface area contributed by atoms with Crippen LogP contribution in [0.3, 0.4) is 0 Å². The number of aliphatic hydroxyl groups is 1. The van der Waals surface area contributed by atoms with Crippen molar-refractivity contribution in [3.05, 3.63) is 0 Å². The Bertz CT molecular complexity index is 542. The molecule has 0 bridgehead atoms. The highest BCUT2D eigenvalue weighted by Gasteiger charge is 2.63. The number of ether oxygens (including phenoxy) is 1. The van der Waals surface area contributed by atoms with Gasteiger partial charge in [0.05, 0.1) is 24.2 Å². The molecule has 3 nitrogen and oxygen atoms in total. The second-order valence-electron chi connectivity index (χ2n) is 9.75. The van der Waals surface area contributed by atoms with E-state index >= 15 is 0 Å². The molecule has 0 aromatic rings. The van der Waals surface area contributed by atoms with Crippen LogP contribution in [-0.4, -0.2) is 24.4 Å². The summed E-state index contributed by atoms with van der Waals surface area (Å²) in [6, 6.07) is 2.63. The van der Waals surface area contributed by atoms with Crippen molar-refractivity contribution >= 4 is 0 Å². The van der Waals surface area contributed by atoms with Crippen molar-refractivity contribution in [1.29, 1.82) is 5.26 Å². The quantitative estimate of drug-likeness (QED) is 0.785. The van der Waals surface area contributed by atoms with E-state index in [1.807, 2.05) is 7.11 Å². The maximum Gasteiger partial charge on any atom is 0.0661 e. The summed E-state index contributed by atoms with van der Waals surface area (Å²) in [5, 5.41) is 19.8. The monoisotopic (exact) mass is 331 g/mol. The number of rotatable bonds is 1. The van der Waals surface area contributed by atoms with Gasteiger partial charge >= 0.3 is 0 Å². The topological polar surface area (TPSA) is 53.2 Å². The number of hydrogen-bond acceptors (Lipinski definition) is 3. The molecule has 9 atom stereocenters. The predicted molar refractivity (Wildman–Crippen MR) is 93.0 cm³/mol. The van der Waals surface area contributed by atoms with E-state index < -0.39 is 0 Å². The van der Waals surface area contributed by atoms with Crippen LogP contribution < -0.4 is 0 Å². The lowest BCUT2D eigenvalue weighted by Gasteiger charge is -2.62. The predicted octanol–water partition coefficient (Wildman–Crippen LogP) is 4.15. The van der Waals surface area contributed by atoms with E-state index in [2.05, 4.69) is 19.9 Å². The van der Waals surface area contributed by atoms with Crippen molar-refractivity contribution in [2.24, 2.45) is 40.4 Å². The van der Waals surface area contributed by atoms with Crippen molar-refractivity contribution in [2.45, 2.75) is 77.4 Å². The molecule has 3 heteroatoms. The van der Waals surface area contributed by atoms with Crippen LogP contribution in [0.4, 0.5) is 0 Å². The Hall–Kier alpha value is -0.590. The summed E-state index contributed by atoms with van der Waals surface area (Å²) in [4.78, 5) is 0. The summed E-state index contributed by atoms with van der Waals surface area (Å²) in [5.74, 6) is 2.88. The molecule has 0 aromatic carbocycles. The molecule has 24 heavy (non-hydrogen) atoms. The highest BCUT2D eigenvalue weighted by atomic mass is 16.5. The molecule has 134 valence electrons. The van der Waals surface area contributed by atoms with Gasteiger partial charge in [-0.2, -0.15) is 5.26 Å². The minimum atomic E-state index is -0.0936. The normalized spacial score (nSPS) is 56.7. The third-order valence-corrected chi connectivity index (χ3v) is 9.00. The third-order valence-electron chi connectivity index (χ3n) is 9.00. The zero-order valence-corrected chi connectivity index (χ0v) is 15.5. The second kappa shape index (κ2) is 5.71. The first-order chi connectivity index (χ1) is 11.4. The van der Waals surface area contributed by atoms with Gasteiger partial charge < -0.3 is 9.84 Å². The molecular formula is C21H33NO2. The van der Waals surface area contributed by atoms with Crippen molar-refractivity contribution in [1.82, 2.24) is 0 Å². The first-order valence-electron chi connectivity index (χ1n) is 10.0. The van der Waals surface area contributed by atoms with Crippen molar-refractivity contribution in [3.8, 4) is 6.07 Å². The maximum atomic E-state index is 10.2. The van der Waals surface area contributed by atoms with Gasteiger partial charge in [0.1, 0.15) is 0 Å². The SMILES string of the molecule is CO[C@H]1C[C@]2(C)[C@@H](C#N)CC[C@H]2[C@@H]2CC[C@H]3C[C@H](O)CC[C@]3(C)[C@H]21. The Morgan fingerprint density at radius 2 is 1.88 bits per heavy atom. The summed E-state index contributed by atoms with van der Waals surface area (Å²) in [6.07, 6.45) is 9.17. The van der Waals surface area contributed by atoms with E-state index in [0.29, 0.717) is 29.1 Å². The summed E-state index contributed by atoms with van der Waals surface area (Å²) < 4.78 is 6.10. The highest BCUT2D eigenvalue weighted by Crippen LogP contribution is 2.67. The number of nitriles is 1. The summed E-state index contributed by atoms with van der Waals surface area (Å²) >= 11 is 0. The zero-order chi connectivity index (χ0) is 17.1. The second-order valence-corrected chi connectivity index (χ2v) is 9.75. The van der Waals surface area contributed by atoms with Gasteiger partial charge in [-0.15, -0.1) is 0 Å². The Morgan fingerprint density at radius 3 is 2.58 bits per heavy atom. The van der Waals surface area contributed by atoms with Crippen LogP contribution in [0, 0.1) is 51.8 Å². The number of nitrogens with zero attached hydrogens (tertiary/aromatic N) is 1. The molecule has 4 aliphatic carbocycles.